The highest BCUT2D eigenvalue weighted by atomic mass is 31.2. The number of nitrogens with one attached hydrogen (secondary N) is 1. The van der Waals surface area contributed by atoms with E-state index in [2.05, 4.69) is 19.2 Å². The number of hydrogen-bond acceptors (Lipinski definition) is 6. The normalized spacial score (nSPS) is 13.8. The van der Waals surface area contributed by atoms with Gasteiger partial charge in [0.15, 0.2) is 0 Å². The largest absolute Gasteiger partial charge is 0.756 e. The van der Waals surface area contributed by atoms with Gasteiger partial charge in [0.25, 0.3) is 7.82 Å². The summed E-state index contributed by atoms with van der Waals surface area (Å²) < 4.78 is 23.4. The number of phosphoric ester groups is 1. The molecule has 0 aromatic carbocycles. The van der Waals surface area contributed by atoms with Crippen LogP contribution in [0.4, 0.5) is 0 Å². The zero-order valence-electron chi connectivity index (χ0n) is 49.2. The van der Waals surface area contributed by atoms with Gasteiger partial charge in [0, 0.05) is 6.42 Å². The van der Waals surface area contributed by atoms with Crippen LogP contribution in [0.1, 0.15) is 335 Å². The second-order valence-electron chi connectivity index (χ2n) is 23.5. The molecule has 2 N–H and O–H groups in total. The molecule has 8 nitrogen and oxygen atoms in total. The Kier molecular flexibility index (Phi) is 54.4. The molecule has 9 heteroatoms. The van der Waals surface area contributed by atoms with E-state index in [9.17, 15) is 19.4 Å². The number of phosphoric acid groups is 1. The third kappa shape index (κ3) is 57.0. The molecule has 0 aliphatic heterocycles. The Labute approximate surface area is 450 Å². The fourth-order valence-electron chi connectivity index (χ4n) is 9.98. The smallest absolute Gasteiger partial charge is 0.268 e. The van der Waals surface area contributed by atoms with Crippen molar-refractivity contribution in [1.29, 1.82) is 0 Å². The van der Waals surface area contributed by atoms with E-state index in [0.29, 0.717) is 17.4 Å². The molecule has 0 saturated heterocycles. The summed E-state index contributed by atoms with van der Waals surface area (Å²) in [7, 11) is 1.28. The van der Waals surface area contributed by atoms with Crippen LogP contribution in [-0.2, 0) is 18.4 Å². The summed E-state index contributed by atoms with van der Waals surface area (Å²) in [6, 6.07) is -0.883. The minimum Gasteiger partial charge on any atom is -0.756 e. The average molecular weight is 1040 g/mol. The molecule has 72 heavy (non-hydrogen) atoms. The number of unbranched alkanes of at least 4 members (excludes halogenated alkanes) is 47. The topological polar surface area (TPSA) is 108 Å². The molecule has 0 heterocycles. The van der Waals surface area contributed by atoms with Gasteiger partial charge in [-0.15, -0.1) is 0 Å². The quantitative estimate of drug-likeness (QED) is 0.0272. The van der Waals surface area contributed by atoms with Gasteiger partial charge in [-0.1, -0.05) is 321 Å². The Morgan fingerprint density at radius 1 is 0.472 bits per heavy atom. The van der Waals surface area contributed by atoms with Gasteiger partial charge in [0.05, 0.1) is 39.9 Å². The first kappa shape index (κ1) is 71.2. The number of carbonyl (C=O) groups excluding carboxylic acids is 1. The Bertz CT molecular complexity index is 1180. The van der Waals surface area contributed by atoms with Gasteiger partial charge in [-0.2, -0.15) is 0 Å². The van der Waals surface area contributed by atoms with Crippen LogP contribution in [0.2, 0.25) is 0 Å². The lowest BCUT2D eigenvalue weighted by Gasteiger charge is -2.29. The van der Waals surface area contributed by atoms with Crippen molar-refractivity contribution in [2.45, 2.75) is 347 Å². The van der Waals surface area contributed by atoms with Crippen LogP contribution in [0.25, 0.3) is 0 Å². The van der Waals surface area contributed by atoms with E-state index in [1.165, 1.54) is 276 Å². The molecule has 1 amide bonds. The van der Waals surface area contributed by atoms with Crippen LogP contribution < -0.4 is 10.2 Å². The maximum absolute atomic E-state index is 13.0. The second-order valence-corrected chi connectivity index (χ2v) is 24.9. The molecule has 0 bridgehead atoms. The molecule has 430 valence electrons. The number of carbonyl (C=O) groups is 1. The number of amides is 1. The van der Waals surface area contributed by atoms with Crippen molar-refractivity contribution in [2.24, 2.45) is 0 Å². The Balaban J connectivity index is 4.10. The lowest BCUT2D eigenvalue weighted by atomic mass is 10.0. The summed E-state index contributed by atoms with van der Waals surface area (Å²) in [6.45, 7) is 4.72. The fraction of sp³-hybridized carbons (Fsp3) is 0.952. The van der Waals surface area contributed by atoms with Gasteiger partial charge in [0.1, 0.15) is 13.2 Å². The third-order valence-electron chi connectivity index (χ3n) is 15.0. The van der Waals surface area contributed by atoms with Crippen LogP contribution in [0, 0.1) is 0 Å². The molecular weight excluding hydrogens is 912 g/mol. The van der Waals surface area contributed by atoms with E-state index >= 15 is 0 Å². The van der Waals surface area contributed by atoms with Crippen molar-refractivity contribution in [3.8, 4) is 0 Å². The SMILES string of the molecule is CCCCCCCCCCCCCCCCCCCCCCCCC/C=C/C(O)C(COP(=O)([O-])OCC[N+](C)(C)C)NC(=O)CCCCCCCCCCCCCCCCCCCCCCCCCCC. The van der Waals surface area contributed by atoms with Crippen molar-refractivity contribution >= 4 is 13.7 Å². The Morgan fingerprint density at radius 2 is 0.750 bits per heavy atom. The average Bonchev–Trinajstić information content (AvgIpc) is 3.34. The van der Waals surface area contributed by atoms with E-state index in [0.717, 1.165) is 38.5 Å². The van der Waals surface area contributed by atoms with Crippen LogP contribution in [0.5, 0.6) is 0 Å². The molecule has 0 rings (SSSR count). The first-order chi connectivity index (χ1) is 35.0. The van der Waals surface area contributed by atoms with Crippen LogP contribution in [0.3, 0.4) is 0 Å². The van der Waals surface area contributed by atoms with Crippen molar-refractivity contribution < 1.29 is 32.9 Å². The second kappa shape index (κ2) is 55.0. The molecule has 3 unspecified atom stereocenters. The fourth-order valence-corrected chi connectivity index (χ4v) is 10.7. The summed E-state index contributed by atoms with van der Waals surface area (Å²) in [5.41, 5.74) is 0. The van der Waals surface area contributed by atoms with Crippen molar-refractivity contribution in [1.82, 2.24) is 5.32 Å². The van der Waals surface area contributed by atoms with Crippen LogP contribution >= 0.6 is 7.82 Å². The summed E-state index contributed by atoms with van der Waals surface area (Å²) >= 11 is 0. The van der Waals surface area contributed by atoms with E-state index < -0.39 is 20.0 Å². The van der Waals surface area contributed by atoms with Gasteiger partial charge in [0.2, 0.25) is 5.91 Å². The molecule has 0 saturated carbocycles. The Hall–Kier alpha value is -0.760. The molecule has 0 spiro atoms. The standard InChI is InChI=1S/C63H127N2O6P/c1-6-8-10-12-14-16-18-20-22-24-26-28-30-32-34-36-38-40-42-44-46-48-50-52-54-56-62(66)61(60-71-72(68,69)70-59-58-65(3,4)5)64-63(67)57-55-53-51-49-47-45-43-41-39-37-35-33-31-29-27-25-23-21-19-17-15-13-11-9-7-2/h54,56,61-62,66H,6-53,55,57-60H2,1-5H3,(H-,64,67,68,69)/b56-54+. The van der Waals surface area contributed by atoms with E-state index in [4.69, 9.17) is 9.05 Å². The zero-order chi connectivity index (χ0) is 52.7. The molecule has 0 aromatic rings. The number of aliphatic hydroxyl groups excluding tert-OH is 1. The van der Waals surface area contributed by atoms with Crippen molar-refractivity contribution in [2.75, 3.05) is 40.9 Å². The van der Waals surface area contributed by atoms with Crippen molar-refractivity contribution in [3.05, 3.63) is 12.2 Å². The molecule has 0 aromatic heterocycles. The number of quaternary nitrogens is 1. The van der Waals surface area contributed by atoms with Gasteiger partial charge < -0.3 is 28.8 Å². The third-order valence-corrected chi connectivity index (χ3v) is 16.0. The summed E-state index contributed by atoms with van der Waals surface area (Å²) in [5.74, 6) is -0.188. The summed E-state index contributed by atoms with van der Waals surface area (Å²) in [4.78, 5) is 25.6. The number of rotatable bonds is 60. The lowest BCUT2D eigenvalue weighted by Crippen LogP contribution is -2.45. The number of hydrogen-bond donors (Lipinski definition) is 2. The minimum atomic E-state index is -4.60. The Morgan fingerprint density at radius 3 is 1.04 bits per heavy atom. The molecule has 0 aliphatic rings. The highest BCUT2D eigenvalue weighted by molar-refractivity contribution is 7.45. The monoisotopic (exact) mass is 1040 g/mol. The first-order valence-corrected chi connectivity index (χ1v) is 33.5. The summed E-state index contributed by atoms with van der Waals surface area (Å²) in [6.07, 6.45) is 68.8. The molecule has 0 radical (unpaired) electrons. The van der Waals surface area contributed by atoms with Crippen LogP contribution in [-0.4, -0.2) is 68.5 Å². The maximum atomic E-state index is 13.0. The number of allylic oxidation sites excluding steroid dienone is 1. The van der Waals surface area contributed by atoms with Gasteiger partial charge in [-0.05, 0) is 19.3 Å². The van der Waals surface area contributed by atoms with E-state index in [-0.39, 0.29) is 19.1 Å². The number of nitrogens with zero attached hydrogens (tertiary/aromatic N) is 1. The maximum Gasteiger partial charge on any atom is 0.268 e. The predicted octanol–water partition coefficient (Wildman–Crippen LogP) is 19.1. The minimum absolute atomic E-state index is 0.00289. The summed E-state index contributed by atoms with van der Waals surface area (Å²) in [5, 5.41) is 13.9. The highest BCUT2D eigenvalue weighted by Crippen LogP contribution is 2.38. The lowest BCUT2D eigenvalue weighted by molar-refractivity contribution is -0.870. The molecular formula is C63H127N2O6P. The van der Waals surface area contributed by atoms with E-state index in [1.54, 1.807) is 6.08 Å². The van der Waals surface area contributed by atoms with Gasteiger partial charge in [-0.3, -0.25) is 9.36 Å². The van der Waals surface area contributed by atoms with Crippen molar-refractivity contribution in [3.63, 3.8) is 0 Å². The van der Waals surface area contributed by atoms with E-state index in [1.807, 2.05) is 27.2 Å². The van der Waals surface area contributed by atoms with Gasteiger partial charge in [-0.25, -0.2) is 0 Å². The molecule has 0 aliphatic carbocycles. The van der Waals surface area contributed by atoms with Crippen LogP contribution in [0.15, 0.2) is 12.2 Å². The number of likely N-dealkylation sites (N-methyl/N-ethyl adjacent to an activating group) is 1. The zero-order valence-corrected chi connectivity index (χ0v) is 50.1. The predicted molar refractivity (Wildman–Crippen MR) is 312 cm³/mol. The molecule has 0 fully saturated rings. The number of aliphatic hydroxyl groups is 1. The first-order valence-electron chi connectivity index (χ1n) is 32.1. The highest BCUT2D eigenvalue weighted by Gasteiger charge is 2.23. The van der Waals surface area contributed by atoms with Gasteiger partial charge >= 0.3 is 0 Å². The molecule has 3 atom stereocenters.